The number of benzene rings is 3. The molecule has 0 radical (unpaired) electrons. The zero-order valence-electron chi connectivity index (χ0n) is 16.2. The lowest BCUT2D eigenvalue weighted by atomic mass is 10.1. The van der Waals surface area contributed by atoms with Crippen molar-refractivity contribution in [1.82, 2.24) is 5.32 Å². The standard InChI is InChI=1S/C24H17FN2O4/c25-21-12-5-4-8-17(21)15-31-19-11-6-7-16(13-19)14-20-22(28)26-24(30)27(23(20)29)18-9-2-1-3-10-18/h1-14H,15H2,(H,26,28,30). The summed E-state index contributed by atoms with van der Waals surface area (Å²) in [4.78, 5) is 38.3. The molecule has 1 N–H and O–H groups in total. The van der Waals surface area contributed by atoms with Crippen molar-refractivity contribution in [2.24, 2.45) is 0 Å². The van der Waals surface area contributed by atoms with Gasteiger partial charge in [0.25, 0.3) is 11.8 Å². The van der Waals surface area contributed by atoms with Gasteiger partial charge in [0.2, 0.25) is 0 Å². The number of barbiturate groups is 1. The van der Waals surface area contributed by atoms with E-state index in [2.05, 4.69) is 5.32 Å². The van der Waals surface area contributed by atoms with E-state index in [1.807, 2.05) is 0 Å². The predicted octanol–water partition coefficient (Wildman–Crippen LogP) is 4.07. The minimum Gasteiger partial charge on any atom is -0.489 e. The van der Waals surface area contributed by atoms with Crippen LogP contribution in [0.4, 0.5) is 14.9 Å². The third-order valence-corrected chi connectivity index (χ3v) is 4.64. The van der Waals surface area contributed by atoms with Gasteiger partial charge in [-0.05, 0) is 42.0 Å². The smallest absolute Gasteiger partial charge is 0.335 e. The normalized spacial score (nSPS) is 15.2. The van der Waals surface area contributed by atoms with Crippen LogP contribution in [0.2, 0.25) is 0 Å². The van der Waals surface area contributed by atoms with Gasteiger partial charge in [-0.2, -0.15) is 0 Å². The molecule has 3 aromatic rings. The molecule has 1 aliphatic rings. The first kappa shape index (κ1) is 20.0. The summed E-state index contributed by atoms with van der Waals surface area (Å²) in [6.07, 6.45) is 1.38. The number of para-hydroxylation sites is 1. The second kappa shape index (κ2) is 8.62. The lowest BCUT2D eigenvalue weighted by molar-refractivity contribution is -0.122. The van der Waals surface area contributed by atoms with E-state index >= 15 is 0 Å². The molecular weight excluding hydrogens is 399 g/mol. The zero-order valence-corrected chi connectivity index (χ0v) is 16.2. The first-order valence-corrected chi connectivity index (χ1v) is 9.46. The van der Waals surface area contributed by atoms with Crippen molar-refractivity contribution < 1.29 is 23.5 Å². The number of carbonyl (C=O) groups excluding carboxylic acids is 3. The van der Waals surface area contributed by atoms with Gasteiger partial charge in [0, 0.05) is 5.56 Å². The van der Waals surface area contributed by atoms with E-state index in [9.17, 15) is 18.8 Å². The van der Waals surface area contributed by atoms with Crippen LogP contribution in [0, 0.1) is 5.82 Å². The molecule has 31 heavy (non-hydrogen) atoms. The number of urea groups is 1. The molecule has 0 bridgehead atoms. The molecule has 0 atom stereocenters. The van der Waals surface area contributed by atoms with Crippen LogP contribution in [0.3, 0.4) is 0 Å². The van der Waals surface area contributed by atoms with Crippen molar-refractivity contribution in [2.75, 3.05) is 4.90 Å². The van der Waals surface area contributed by atoms with Gasteiger partial charge in [-0.3, -0.25) is 14.9 Å². The quantitative estimate of drug-likeness (QED) is 0.503. The monoisotopic (exact) mass is 416 g/mol. The molecule has 154 valence electrons. The van der Waals surface area contributed by atoms with Crippen LogP contribution in [-0.4, -0.2) is 17.8 Å². The van der Waals surface area contributed by atoms with Crippen LogP contribution < -0.4 is 15.0 Å². The van der Waals surface area contributed by atoms with Crippen LogP contribution in [0.5, 0.6) is 5.75 Å². The Balaban J connectivity index is 1.58. The fraction of sp³-hybridized carbons (Fsp3) is 0.0417. The Kier molecular flexibility index (Phi) is 5.57. The highest BCUT2D eigenvalue weighted by Crippen LogP contribution is 2.23. The van der Waals surface area contributed by atoms with Gasteiger partial charge in [0.15, 0.2) is 0 Å². The maximum Gasteiger partial charge on any atom is 0.335 e. The zero-order chi connectivity index (χ0) is 21.8. The number of hydrogen-bond acceptors (Lipinski definition) is 4. The molecule has 6 nitrogen and oxygen atoms in total. The highest BCUT2D eigenvalue weighted by Gasteiger charge is 2.36. The van der Waals surface area contributed by atoms with E-state index in [-0.39, 0.29) is 18.0 Å². The summed E-state index contributed by atoms with van der Waals surface area (Å²) < 4.78 is 19.4. The number of anilines is 1. The van der Waals surface area contributed by atoms with Gasteiger partial charge >= 0.3 is 6.03 Å². The van der Waals surface area contributed by atoms with Crippen LogP contribution in [0.15, 0.2) is 84.4 Å². The van der Waals surface area contributed by atoms with Crippen LogP contribution in [-0.2, 0) is 16.2 Å². The summed E-state index contributed by atoms with van der Waals surface area (Å²) in [5.74, 6) is -1.43. The topological polar surface area (TPSA) is 75.7 Å². The van der Waals surface area contributed by atoms with Crippen LogP contribution >= 0.6 is 0 Å². The minimum absolute atomic E-state index is 0.0302. The number of rotatable bonds is 5. The van der Waals surface area contributed by atoms with Gasteiger partial charge in [-0.1, -0.05) is 48.5 Å². The molecule has 0 unspecified atom stereocenters. The maximum atomic E-state index is 13.8. The fourth-order valence-corrected chi connectivity index (χ4v) is 3.11. The number of halogens is 1. The Bertz CT molecular complexity index is 1190. The van der Waals surface area contributed by atoms with Gasteiger partial charge in [0.1, 0.15) is 23.7 Å². The molecule has 1 saturated heterocycles. The molecule has 7 heteroatoms. The van der Waals surface area contributed by atoms with E-state index in [4.69, 9.17) is 4.74 Å². The Morgan fingerprint density at radius 1 is 0.903 bits per heavy atom. The average molecular weight is 416 g/mol. The summed E-state index contributed by atoms with van der Waals surface area (Å²) in [6, 6.07) is 20.5. The Morgan fingerprint density at radius 3 is 2.42 bits per heavy atom. The molecule has 0 aliphatic carbocycles. The van der Waals surface area contributed by atoms with Crippen molar-refractivity contribution in [2.45, 2.75) is 6.61 Å². The van der Waals surface area contributed by atoms with E-state index < -0.39 is 17.8 Å². The number of nitrogens with zero attached hydrogens (tertiary/aromatic N) is 1. The third kappa shape index (κ3) is 4.35. The minimum atomic E-state index is -0.805. The molecule has 0 aromatic heterocycles. The van der Waals surface area contributed by atoms with E-state index in [1.165, 1.54) is 12.1 Å². The molecule has 0 saturated carbocycles. The molecule has 1 fully saturated rings. The number of carbonyl (C=O) groups is 3. The van der Waals surface area contributed by atoms with Crippen molar-refractivity contribution in [3.05, 3.63) is 101 Å². The number of nitrogens with one attached hydrogen (secondary N) is 1. The average Bonchev–Trinajstić information content (AvgIpc) is 2.77. The maximum absolute atomic E-state index is 13.8. The van der Waals surface area contributed by atoms with Crippen molar-refractivity contribution in [1.29, 1.82) is 0 Å². The molecule has 1 aliphatic heterocycles. The second-order valence-corrected chi connectivity index (χ2v) is 6.75. The highest BCUT2D eigenvalue weighted by atomic mass is 19.1. The predicted molar refractivity (Wildman–Crippen MR) is 113 cm³/mol. The van der Waals surface area contributed by atoms with Crippen molar-refractivity contribution in [3.63, 3.8) is 0 Å². The summed E-state index contributed by atoms with van der Waals surface area (Å²) in [5, 5.41) is 2.18. The highest BCUT2D eigenvalue weighted by molar-refractivity contribution is 6.39. The largest absolute Gasteiger partial charge is 0.489 e. The second-order valence-electron chi connectivity index (χ2n) is 6.75. The first-order valence-electron chi connectivity index (χ1n) is 9.46. The lowest BCUT2D eigenvalue weighted by Gasteiger charge is -2.26. The summed E-state index contributed by atoms with van der Waals surface area (Å²) in [5.41, 5.74) is 1.09. The number of hydrogen-bond donors (Lipinski definition) is 1. The van der Waals surface area contributed by atoms with E-state index in [0.717, 1.165) is 4.90 Å². The molecule has 3 aromatic carbocycles. The molecule has 4 amide bonds. The third-order valence-electron chi connectivity index (χ3n) is 4.64. The van der Waals surface area contributed by atoms with Crippen LogP contribution in [0.1, 0.15) is 11.1 Å². The van der Waals surface area contributed by atoms with E-state index in [0.29, 0.717) is 22.6 Å². The molecule has 4 rings (SSSR count). The van der Waals surface area contributed by atoms with Gasteiger partial charge in [-0.15, -0.1) is 0 Å². The van der Waals surface area contributed by atoms with Gasteiger partial charge in [0.05, 0.1) is 5.69 Å². The first-order chi connectivity index (χ1) is 15.0. The summed E-state index contributed by atoms with van der Waals surface area (Å²) in [7, 11) is 0. The Morgan fingerprint density at radius 2 is 1.65 bits per heavy atom. The van der Waals surface area contributed by atoms with Gasteiger partial charge < -0.3 is 4.74 Å². The van der Waals surface area contributed by atoms with Crippen LogP contribution in [0.25, 0.3) is 6.08 Å². The Labute approximate surface area is 177 Å². The summed E-state index contributed by atoms with van der Waals surface area (Å²) in [6.45, 7) is 0.0302. The number of ether oxygens (including phenoxy) is 1. The molecule has 0 spiro atoms. The molecule has 1 heterocycles. The summed E-state index contributed by atoms with van der Waals surface area (Å²) >= 11 is 0. The van der Waals surface area contributed by atoms with Gasteiger partial charge in [-0.25, -0.2) is 14.1 Å². The lowest BCUT2D eigenvalue weighted by Crippen LogP contribution is -2.54. The number of imide groups is 2. The van der Waals surface area contributed by atoms with E-state index in [1.54, 1.807) is 72.8 Å². The molecular formula is C24H17FN2O4. The number of amides is 4. The SMILES string of the molecule is O=C1NC(=O)N(c2ccccc2)C(=O)C1=Cc1cccc(OCc2ccccc2F)c1. The fourth-order valence-electron chi connectivity index (χ4n) is 3.11. The van der Waals surface area contributed by atoms with Crippen molar-refractivity contribution in [3.8, 4) is 5.75 Å². The Hall–Kier alpha value is -4.26. The van der Waals surface area contributed by atoms with Crippen molar-refractivity contribution >= 4 is 29.6 Å².